The molecule has 3 N–H and O–H groups in total. The summed E-state index contributed by atoms with van der Waals surface area (Å²) >= 11 is 0. The van der Waals surface area contributed by atoms with Gasteiger partial charge < -0.3 is 15.7 Å². The van der Waals surface area contributed by atoms with Gasteiger partial charge >= 0.3 is 0 Å². The Kier molecular flexibility index (Phi) is 4.25. The minimum Gasteiger partial charge on any atom is -0.393 e. The normalized spacial score (nSPS) is 23.1. The second-order valence-corrected chi connectivity index (χ2v) is 5.31. The van der Waals surface area contributed by atoms with Gasteiger partial charge in [0.25, 0.3) is 0 Å². The number of rotatable bonds is 4. The second-order valence-electron chi connectivity index (χ2n) is 5.31. The fraction of sp³-hybridized carbons (Fsp3) is 0.600. The fourth-order valence-electron chi connectivity index (χ4n) is 2.71. The maximum absolute atomic E-state index is 9.69. The molecule has 18 heavy (non-hydrogen) atoms. The molecule has 1 aliphatic rings. The molecule has 3 atom stereocenters. The molecular weight excluding hydrogens is 224 g/mol. The summed E-state index contributed by atoms with van der Waals surface area (Å²) in [5.41, 5.74) is 8.65. The van der Waals surface area contributed by atoms with Gasteiger partial charge in [-0.15, -0.1) is 0 Å². The summed E-state index contributed by atoms with van der Waals surface area (Å²) in [5, 5.41) is 9.69. The van der Waals surface area contributed by atoms with Crippen LogP contribution in [0.4, 0.5) is 5.69 Å². The molecule has 1 heterocycles. The SMILES string of the molecule is CC[C@H](N)c1ccccc1N1CCC(C(C)O)C1. The summed E-state index contributed by atoms with van der Waals surface area (Å²) in [6, 6.07) is 8.49. The quantitative estimate of drug-likeness (QED) is 0.859. The number of hydrogen-bond acceptors (Lipinski definition) is 3. The molecule has 2 rings (SSSR count). The largest absolute Gasteiger partial charge is 0.393 e. The van der Waals surface area contributed by atoms with Gasteiger partial charge in [0.2, 0.25) is 0 Å². The Morgan fingerprint density at radius 3 is 2.78 bits per heavy atom. The van der Waals surface area contributed by atoms with E-state index in [-0.39, 0.29) is 12.1 Å². The molecule has 0 spiro atoms. The van der Waals surface area contributed by atoms with Crippen LogP contribution in [-0.2, 0) is 0 Å². The van der Waals surface area contributed by atoms with Gasteiger partial charge in [-0.2, -0.15) is 0 Å². The van der Waals surface area contributed by atoms with E-state index in [0.29, 0.717) is 5.92 Å². The highest BCUT2D eigenvalue weighted by atomic mass is 16.3. The van der Waals surface area contributed by atoms with Crippen molar-refractivity contribution in [1.29, 1.82) is 0 Å². The Morgan fingerprint density at radius 2 is 2.17 bits per heavy atom. The van der Waals surface area contributed by atoms with Gasteiger partial charge in [-0.1, -0.05) is 25.1 Å². The molecule has 0 aliphatic carbocycles. The Hall–Kier alpha value is -1.06. The minimum atomic E-state index is -0.220. The van der Waals surface area contributed by atoms with Gasteiger partial charge in [0, 0.05) is 30.7 Å². The summed E-state index contributed by atoms with van der Waals surface area (Å²) in [6.45, 7) is 5.95. The monoisotopic (exact) mass is 248 g/mol. The van der Waals surface area contributed by atoms with Gasteiger partial charge in [0.1, 0.15) is 0 Å². The van der Waals surface area contributed by atoms with Gasteiger partial charge in [-0.05, 0) is 31.4 Å². The smallest absolute Gasteiger partial charge is 0.0557 e. The number of aliphatic hydroxyl groups is 1. The fourth-order valence-corrected chi connectivity index (χ4v) is 2.71. The van der Waals surface area contributed by atoms with E-state index >= 15 is 0 Å². The highest BCUT2D eigenvalue weighted by Crippen LogP contribution is 2.31. The lowest BCUT2D eigenvalue weighted by Crippen LogP contribution is -2.25. The Bertz CT molecular complexity index is 392. The van der Waals surface area contributed by atoms with Crippen LogP contribution in [0.2, 0.25) is 0 Å². The first kappa shape index (κ1) is 13.4. The molecule has 1 fully saturated rings. The van der Waals surface area contributed by atoms with Crippen LogP contribution < -0.4 is 10.6 Å². The Labute approximate surface area is 110 Å². The zero-order valence-electron chi connectivity index (χ0n) is 11.3. The van der Waals surface area contributed by atoms with E-state index in [1.54, 1.807) is 0 Å². The van der Waals surface area contributed by atoms with Crippen LogP contribution in [0.15, 0.2) is 24.3 Å². The summed E-state index contributed by atoms with van der Waals surface area (Å²) in [7, 11) is 0. The summed E-state index contributed by atoms with van der Waals surface area (Å²) in [6.07, 6.45) is 1.79. The number of para-hydroxylation sites is 1. The van der Waals surface area contributed by atoms with Crippen molar-refractivity contribution in [2.45, 2.75) is 38.8 Å². The van der Waals surface area contributed by atoms with E-state index in [1.807, 2.05) is 6.92 Å². The minimum absolute atomic E-state index is 0.104. The van der Waals surface area contributed by atoms with Crippen LogP contribution in [-0.4, -0.2) is 24.3 Å². The Morgan fingerprint density at radius 1 is 1.44 bits per heavy atom. The van der Waals surface area contributed by atoms with Crippen LogP contribution in [0.5, 0.6) is 0 Å². The standard InChI is InChI=1S/C15H24N2O/c1-3-14(16)13-6-4-5-7-15(13)17-9-8-12(10-17)11(2)18/h4-7,11-12,14,18H,3,8-10,16H2,1-2H3/t11?,12?,14-/m0/s1. The third kappa shape index (κ3) is 2.68. The molecule has 3 nitrogen and oxygen atoms in total. The topological polar surface area (TPSA) is 49.5 Å². The number of nitrogens with zero attached hydrogens (tertiary/aromatic N) is 1. The van der Waals surface area contributed by atoms with Crippen molar-refractivity contribution in [2.75, 3.05) is 18.0 Å². The zero-order chi connectivity index (χ0) is 13.1. The van der Waals surface area contributed by atoms with Crippen molar-refractivity contribution in [3.05, 3.63) is 29.8 Å². The first-order valence-corrected chi connectivity index (χ1v) is 6.91. The number of nitrogens with two attached hydrogens (primary N) is 1. The van der Waals surface area contributed by atoms with E-state index in [0.717, 1.165) is 25.9 Å². The van der Waals surface area contributed by atoms with E-state index in [4.69, 9.17) is 5.73 Å². The average Bonchev–Trinajstić information content (AvgIpc) is 2.87. The van der Waals surface area contributed by atoms with Gasteiger partial charge in [-0.25, -0.2) is 0 Å². The lowest BCUT2D eigenvalue weighted by Gasteiger charge is -2.25. The average molecular weight is 248 g/mol. The van der Waals surface area contributed by atoms with Crippen molar-refractivity contribution in [1.82, 2.24) is 0 Å². The summed E-state index contributed by atoms with van der Waals surface area (Å²) in [4.78, 5) is 2.36. The first-order valence-electron chi connectivity index (χ1n) is 6.91. The Balaban J connectivity index is 2.19. The molecule has 1 aromatic rings. The van der Waals surface area contributed by atoms with Gasteiger partial charge in [0.05, 0.1) is 6.10 Å². The van der Waals surface area contributed by atoms with Crippen LogP contribution in [0.25, 0.3) is 0 Å². The maximum Gasteiger partial charge on any atom is 0.0557 e. The van der Waals surface area contributed by atoms with Crippen LogP contribution >= 0.6 is 0 Å². The van der Waals surface area contributed by atoms with E-state index in [9.17, 15) is 5.11 Å². The predicted octanol–water partition coefficient (Wildman–Crippen LogP) is 2.30. The van der Waals surface area contributed by atoms with Crippen LogP contribution in [0.3, 0.4) is 0 Å². The second kappa shape index (κ2) is 5.72. The lowest BCUT2D eigenvalue weighted by atomic mass is 10.0. The molecule has 0 saturated carbocycles. The lowest BCUT2D eigenvalue weighted by molar-refractivity contribution is 0.136. The highest BCUT2D eigenvalue weighted by molar-refractivity contribution is 5.55. The molecule has 0 amide bonds. The first-order chi connectivity index (χ1) is 8.63. The molecular formula is C15H24N2O. The predicted molar refractivity (Wildman–Crippen MR) is 75.7 cm³/mol. The highest BCUT2D eigenvalue weighted by Gasteiger charge is 2.27. The molecule has 3 heteroatoms. The van der Waals surface area contributed by atoms with Crippen molar-refractivity contribution < 1.29 is 5.11 Å². The molecule has 0 aromatic heterocycles. The molecule has 1 saturated heterocycles. The molecule has 0 bridgehead atoms. The van der Waals surface area contributed by atoms with Gasteiger partial charge in [0.15, 0.2) is 0 Å². The van der Waals surface area contributed by atoms with E-state index in [1.165, 1.54) is 11.3 Å². The van der Waals surface area contributed by atoms with Crippen molar-refractivity contribution >= 4 is 5.69 Å². The number of benzene rings is 1. The summed E-state index contributed by atoms with van der Waals surface area (Å²) < 4.78 is 0. The summed E-state index contributed by atoms with van der Waals surface area (Å²) in [5.74, 6) is 0.385. The van der Waals surface area contributed by atoms with Crippen LogP contribution in [0.1, 0.15) is 38.3 Å². The van der Waals surface area contributed by atoms with Crippen LogP contribution in [0, 0.1) is 5.92 Å². The van der Waals surface area contributed by atoms with Crippen molar-refractivity contribution in [3.63, 3.8) is 0 Å². The third-order valence-electron chi connectivity index (χ3n) is 4.02. The number of hydrogen-bond donors (Lipinski definition) is 2. The molecule has 100 valence electrons. The molecule has 1 aromatic carbocycles. The number of anilines is 1. The molecule has 2 unspecified atom stereocenters. The maximum atomic E-state index is 9.69. The van der Waals surface area contributed by atoms with Crippen molar-refractivity contribution in [2.24, 2.45) is 11.7 Å². The third-order valence-corrected chi connectivity index (χ3v) is 4.02. The van der Waals surface area contributed by atoms with E-state index in [2.05, 4.69) is 36.1 Å². The zero-order valence-corrected chi connectivity index (χ0v) is 11.3. The number of aliphatic hydroxyl groups excluding tert-OH is 1. The van der Waals surface area contributed by atoms with Gasteiger partial charge in [-0.3, -0.25) is 0 Å². The molecule has 1 aliphatic heterocycles. The van der Waals surface area contributed by atoms with Crippen molar-refractivity contribution in [3.8, 4) is 0 Å². The van der Waals surface area contributed by atoms with E-state index < -0.39 is 0 Å². The molecule has 0 radical (unpaired) electrons.